The number of ether oxygens (including phenoxy) is 2. The van der Waals surface area contributed by atoms with Crippen LogP contribution >= 0.6 is 11.6 Å². The summed E-state index contributed by atoms with van der Waals surface area (Å²) in [5, 5.41) is 12.6. The molecule has 0 saturated carbocycles. The third-order valence-electron chi connectivity index (χ3n) is 4.55. The van der Waals surface area contributed by atoms with Crippen molar-refractivity contribution in [1.29, 1.82) is 0 Å². The topological polar surface area (TPSA) is 71.0 Å². The number of aliphatic carboxylic acids is 1. The zero-order chi connectivity index (χ0) is 21.2. The van der Waals surface area contributed by atoms with Crippen LogP contribution in [0.15, 0.2) is 36.4 Å². The summed E-state index contributed by atoms with van der Waals surface area (Å²) in [5.74, 6) is 0.502. The summed E-state index contributed by atoms with van der Waals surface area (Å²) in [7, 11) is 3.72. The molecule has 3 rings (SSSR count). The molecular weight excluding hydrogens is 392 g/mol. The summed E-state index contributed by atoms with van der Waals surface area (Å²) in [6.07, 6.45) is 0.00913. The fourth-order valence-corrected chi connectivity index (χ4v) is 3.18. The Bertz CT molecular complexity index is 807. The van der Waals surface area contributed by atoms with Crippen LogP contribution in [0.2, 0.25) is 5.02 Å². The third kappa shape index (κ3) is 7.93. The molecule has 29 heavy (non-hydrogen) atoms. The van der Waals surface area contributed by atoms with Gasteiger partial charge in [-0.1, -0.05) is 29.8 Å². The Morgan fingerprint density at radius 1 is 1.14 bits per heavy atom. The number of hydrogen-bond donors (Lipinski definition) is 2. The van der Waals surface area contributed by atoms with Gasteiger partial charge in [-0.15, -0.1) is 0 Å². The molecule has 1 fully saturated rings. The molecule has 0 atom stereocenters. The highest BCUT2D eigenvalue weighted by atomic mass is 35.5. The van der Waals surface area contributed by atoms with Crippen molar-refractivity contribution in [2.75, 3.05) is 40.3 Å². The Balaban J connectivity index is 0.000000360. The lowest BCUT2D eigenvalue weighted by atomic mass is 10.1. The predicted octanol–water partition coefficient (Wildman–Crippen LogP) is 3.38. The zero-order valence-electron chi connectivity index (χ0n) is 17.2. The molecular formula is C22H29ClN2O4. The molecule has 1 heterocycles. The number of likely N-dealkylation sites (N-methyl/N-ethyl adjacent to an activating group) is 1. The molecule has 0 unspecified atom stereocenters. The van der Waals surface area contributed by atoms with Gasteiger partial charge in [0.15, 0.2) is 0 Å². The van der Waals surface area contributed by atoms with Crippen LogP contribution < -0.4 is 14.8 Å². The van der Waals surface area contributed by atoms with Gasteiger partial charge >= 0.3 is 5.97 Å². The van der Waals surface area contributed by atoms with Crippen LogP contribution in [-0.2, 0) is 17.8 Å². The average molecular weight is 421 g/mol. The van der Waals surface area contributed by atoms with Crippen LogP contribution in [0.4, 0.5) is 0 Å². The highest BCUT2D eigenvalue weighted by Gasteiger charge is 2.07. The van der Waals surface area contributed by atoms with E-state index in [0.29, 0.717) is 17.4 Å². The molecule has 158 valence electrons. The van der Waals surface area contributed by atoms with Gasteiger partial charge < -0.3 is 24.8 Å². The van der Waals surface area contributed by atoms with Crippen molar-refractivity contribution in [1.82, 2.24) is 10.2 Å². The minimum Gasteiger partial charge on any atom is -0.495 e. The second kappa shape index (κ2) is 11.7. The summed E-state index contributed by atoms with van der Waals surface area (Å²) in [4.78, 5) is 13.0. The standard InChI is InChI=1S/C17H17ClO4.C5H12N2/c1-11-7-12(9-17(19)20)3-5-15(11)22-10-13-4-6-16(21-2)14(18)8-13;1-7-4-2-6-3-5-7/h3-8H,9-10H2,1-2H3,(H,19,20);6H,2-5H2,1H3. The predicted molar refractivity (Wildman–Crippen MR) is 115 cm³/mol. The lowest BCUT2D eigenvalue weighted by Gasteiger charge is -2.21. The number of carbonyl (C=O) groups is 1. The molecule has 2 aromatic carbocycles. The van der Waals surface area contributed by atoms with Gasteiger partial charge in [0.2, 0.25) is 0 Å². The van der Waals surface area contributed by atoms with E-state index >= 15 is 0 Å². The number of aryl methyl sites for hydroxylation is 1. The summed E-state index contributed by atoms with van der Waals surface area (Å²) >= 11 is 6.08. The molecule has 0 aliphatic carbocycles. The fourth-order valence-electron chi connectivity index (χ4n) is 2.90. The van der Waals surface area contributed by atoms with Crippen molar-refractivity contribution in [3.63, 3.8) is 0 Å². The van der Waals surface area contributed by atoms with E-state index < -0.39 is 5.97 Å². The van der Waals surface area contributed by atoms with Crippen molar-refractivity contribution in [3.8, 4) is 11.5 Å². The van der Waals surface area contributed by atoms with Gasteiger partial charge in [0, 0.05) is 26.2 Å². The fraction of sp³-hybridized carbons (Fsp3) is 0.409. The first-order valence-corrected chi connectivity index (χ1v) is 9.92. The quantitative estimate of drug-likeness (QED) is 0.746. The van der Waals surface area contributed by atoms with Crippen molar-refractivity contribution < 1.29 is 19.4 Å². The smallest absolute Gasteiger partial charge is 0.307 e. The number of nitrogens with one attached hydrogen (secondary N) is 1. The van der Waals surface area contributed by atoms with Crippen molar-refractivity contribution >= 4 is 17.6 Å². The number of carboxylic acids is 1. The third-order valence-corrected chi connectivity index (χ3v) is 4.84. The number of halogens is 1. The van der Waals surface area contributed by atoms with Crippen LogP contribution in [0.25, 0.3) is 0 Å². The number of methoxy groups -OCH3 is 1. The number of hydrogen-bond acceptors (Lipinski definition) is 5. The zero-order valence-corrected chi connectivity index (χ0v) is 18.0. The van der Waals surface area contributed by atoms with Crippen LogP contribution in [0.1, 0.15) is 16.7 Å². The molecule has 6 nitrogen and oxygen atoms in total. The monoisotopic (exact) mass is 420 g/mol. The maximum Gasteiger partial charge on any atom is 0.307 e. The Morgan fingerprint density at radius 2 is 1.79 bits per heavy atom. The van der Waals surface area contributed by atoms with Crippen molar-refractivity contribution in [2.24, 2.45) is 0 Å². The number of carboxylic acid groups (broad SMARTS) is 1. The molecule has 0 spiro atoms. The summed E-state index contributed by atoms with van der Waals surface area (Å²) < 4.78 is 10.9. The van der Waals surface area contributed by atoms with Gasteiger partial charge in [-0.05, 0) is 48.9 Å². The molecule has 1 aliphatic rings. The second-order valence-corrected chi connectivity index (χ2v) is 7.39. The molecule has 0 radical (unpaired) electrons. The van der Waals surface area contributed by atoms with E-state index in [-0.39, 0.29) is 6.42 Å². The Hall–Kier alpha value is -2.28. The molecule has 0 aromatic heterocycles. The first-order valence-electron chi connectivity index (χ1n) is 9.55. The minimum atomic E-state index is -0.846. The Labute approximate surface area is 177 Å². The van der Waals surface area contributed by atoms with Crippen LogP contribution in [0, 0.1) is 6.92 Å². The van der Waals surface area contributed by atoms with Gasteiger partial charge in [-0.2, -0.15) is 0 Å². The van der Waals surface area contributed by atoms with E-state index in [9.17, 15) is 4.79 Å². The first kappa shape index (κ1) is 23.0. The summed E-state index contributed by atoms with van der Waals surface area (Å²) in [6, 6.07) is 10.9. The lowest BCUT2D eigenvalue weighted by molar-refractivity contribution is -0.136. The van der Waals surface area contributed by atoms with E-state index in [2.05, 4.69) is 17.3 Å². The first-order chi connectivity index (χ1) is 13.9. The lowest BCUT2D eigenvalue weighted by Crippen LogP contribution is -2.40. The van der Waals surface area contributed by atoms with Crippen molar-refractivity contribution in [2.45, 2.75) is 20.0 Å². The van der Waals surface area contributed by atoms with Crippen LogP contribution in [0.3, 0.4) is 0 Å². The molecule has 2 N–H and O–H groups in total. The number of nitrogens with zero attached hydrogens (tertiary/aromatic N) is 1. The number of benzene rings is 2. The van der Waals surface area contributed by atoms with Gasteiger partial charge in [0.05, 0.1) is 18.6 Å². The maximum absolute atomic E-state index is 10.7. The largest absolute Gasteiger partial charge is 0.495 e. The maximum atomic E-state index is 10.7. The summed E-state index contributed by atoms with van der Waals surface area (Å²) in [6.45, 7) is 7.01. The van der Waals surface area contributed by atoms with Crippen LogP contribution in [0.5, 0.6) is 11.5 Å². The van der Waals surface area contributed by atoms with Gasteiger partial charge in [0.25, 0.3) is 0 Å². The molecule has 2 aromatic rings. The molecule has 0 bridgehead atoms. The van der Waals surface area contributed by atoms with Gasteiger partial charge in [-0.25, -0.2) is 0 Å². The Morgan fingerprint density at radius 3 is 2.31 bits per heavy atom. The Kier molecular flexibility index (Phi) is 9.25. The minimum absolute atomic E-state index is 0.00913. The molecule has 1 aliphatic heterocycles. The second-order valence-electron chi connectivity index (χ2n) is 6.98. The van der Waals surface area contributed by atoms with Gasteiger partial charge in [0.1, 0.15) is 18.1 Å². The summed E-state index contributed by atoms with van der Waals surface area (Å²) in [5.41, 5.74) is 2.59. The molecule has 0 amide bonds. The molecule has 1 saturated heterocycles. The van der Waals surface area contributed by atoms with E-state index in [1.54, 1.807) is 31.4 Å². The van der Waals surface area contributed by atoms with Crippen LogP contribution in [-0.4, -0.2) is 56.3 Å². The van der Waals surface area contributed by atoms with Crippen molar-refractivity contribution in [3.05, 3.63) is 58.1 Å². The van der Waals surface area contributed by atoms with E-state index in [1.165, 1.54) is 13.1 Å². The van der Waals surface area contributed by atoms with E-state index in [0.717, 1.165) is 35.5 Å². The highest BCUT2D eigenvalue weighted by Crippen LogP contribution is 2.26. The van der Waals surface area contributed by atoms with E-state index in [1.807, 2.05) is 19.1 Å². The SMILES string of the molecule is CN1CCNCC1.COc1ccc(COc2ccc(CC(=O)O)cc2C)cc1Cl. The number of piperazine rings is 1. The van der Waals surface area contributed by atoms with Gasteiger partial charge in [-0.3, -0.25) is 4.79 Å². The molecule has 7 heteroatoms. The highest BCUT2D eigenvalue weighted by molar-refractivity contribution is 6.32. The average Bonchev–Trinajstić information content (AvgIpc) is 2.68. The number of rotatable bonds is 6. The normalized spacial score (nSPS) is 13.9. The van der Waals surface area contributed by atoms with E-state index in [4.69, 9.17) is 26.2 Å².